The number of nitrogens with zero attached hydrogens (tertiary/aromatic N) is 1. The number of likely N-dealkylation sites (tertiary alicyclic amines) is 1. The van der Waals surface area contributed by atoms with E-state index in [1.54, 1.807) is 17.4 Å². The Labute approximate surface area is 140 Å². The molecule has 2 nitrogen and oxygen atoms in total. The molecule has 1 fully saturated rings. The standard InChI is InChI=1S/C15H13ClINOS/c16-11-9-10(5-6-12(11)17)15(19)18-7-1-3-13(18)14-4-2-8-20-14/h2,4-6,8-9,13H,1,3,7H2. The van der Waals surface area contributed by atoms with Crippen molar-refractivity contribution in [3.05, 3.63) is 54.7 Å². The van der Waals surface area contributed by atoms with Gasteiger partial charge in [0.15, 0.2) is 0 Å². The second-order valence-electron chi connectivity index (χ2n) is 4.80. The number of hydrogen-bond donors (Lipinski definition) is 0. The van der Waals surface area contributed by atoms with Gasteiger partial charge < -0.3 is 4.90 Å². The molecule has 2 heterocycles. The van der Waals surface area contributed by atoms with Crippen LogP contribution in [0.2, 0.25) is 5.02 Å². The average Bonchev–Trinajstić information content (AvgIpc) is 3.10. The minimum atomic E-state index is 0.0826. The van der Waals surface area contributed by atoms with Crippen LogP contribution in [0.3, 0.4) is 0 Å². The summed E-state index contributed by atoms with van der Waals surface area (Å²) in [6.07, 6.45) is 2.11. The highest BCUT2D eigenvalue weighted by molar-refractivity contribution is 14.1. The zero-order chi connectivity index (χ0) is 14.1. The predicted octanol–water partition coefficient (Wildman–Crippen LogP) is 4.98. The number of carbonyl (C=O) groups is 1. The SMILES string of the molecule is O=C(c1ccc(I)c(Cl)c1)N1CCCC1c1cccs1. The molecule has 1 atom stereocenters. The van der Waals surface area contributed by atoms with Crippen LogP contribution in [0.15, 0.2) is 35.7 Å². The highest BCUT2D eigenvalue weighted by atomic mass is 127. The summed E-state index contributed by atoms with van der Waals surface area (Å²) in [6, 6.07) is 9.91. The van der Waals surface area contributed by atoms with Crippen molar-refractivity contribution >= 4 is 51.4 Å². The molecule has 104 valence electrons. The molecular formula is C15H13ClINOS. The van der Waals surface area contributed by atoms with Gasteiger partial charge in [0.2, 0.25) is 0 Å². The van der Waals surface area contributed by atoms with Crippen LogP contribution in [0.1, 0.15) is 34.1 Å². The summed E-state index contributed by atoms with van der Waals surface area (Å²) in [4.78, 5) is 15.9. The quantitative estimate of drug-likeness (QED) is 0.631. The van der Waals surface area contributed by atoms with E-state index in [0.717, 1.165) is 23.0 Å². The van der Waals surface area contributed by atoms with Gasteiger partial charge in [-0.15, -0.1) is 11.3 Å². The molecular weight excluding hydrogens is 405 g/mol. The van der Waals surface area contributed by atoms with Crippen molar-refractivity contribution < 1.29 is 4.79 Å². The second kappa shape index (κ2) is 6.03. The van der Waals surface area contributed by atoms with E-state index in [2.05, 4.69) is 34.0 Å². The van der Waals surface area contributed by atoms with E-state index in [-0.39, 0.29) is 11.9 Å². The summed E-state index contributed by atoms with van der Waals surface area (Å²) >= 11 is 10.0. The van der Waals surface area contributed by atoms with Crippen LogP contribution in [0, 0.1) is 3.57 Å². The molecule has 0 aliphatic carbocycles. The van der Waals surface area contributed by atoms with Gasteiger partial charge in [-0.05, 0) is 65.1 Å². The minimum absolute atomic E-state index is 0.0826. The largest absolute Gasteiger partial charge is 0.331 e. The van der Waals surface area contributed by atoms with Crippen LogP contribution in [-0.2, 0) is 0 Å². The van der Waals surface area contributed by atoms with Crippen LogP contribution < -0.4 is 0 Å². The van der Waals surface area contributed by atoms with E-state index in [0.29, 0.717) is 10.6 Å². The molecule has 0 N–H and O–H groups in total. The first-order valence-electron chi connectivity index (χ1n) is 6.46. The van der Waals surface area contributed by atoms with E-state index in [9.17, 15) is 4.79 Å². The van der Waals surface area contributed by atoms with Gasteiger partial charge in [0.25, 0.3) is 5.91 Å². The lowest BCUT2D eigenvalue weighted by Crippen LogP contribution is -2.30. The Morgan fingerprint density at radius 2 is 2.25 bits per heavy atom. The third-order valence-electron chi connectivity index (χ3n) is 3.55. The molecule has 1 amide bonds. The van der Waals surface area contributed by atoms with Crippen molar-refractivity contribution in [1.29, 1.82) is 0 Å². The summed E-state index contributed by atoms with van der Waals surface area (Å²) in [5, 5.41) is 2.71. The van der Waals surface area contributed by atoms with Crippen molar-refractivity contribution in [2.45, 2.75) is 18.9 Å². The van der Waals surface area contributed by atoms with Crippen LogP contribution in [-0.4, -0.2) is 17.4 Å². The molecule has 1 aliphatic rings. The molecule has 2 aromatic rings. The first-order valence-corrected chi connectivity index (χ1v) is 8.80. The van der Waals surface area contributed by atoms with Crippen LogP contribution >= 0.6 is 45.5 Å². The maximum absolute atomic E-state index is 12.7. The number of amides is 1. The highest BCUT2D eigenvalue weighted by Gasteiger charge is 2.31. The van der Waals surface area contributed by atoms with E-state index < -0.39 is 0 Å². The molecule has 1 aromatic carbocycles. The van der Waals surface area contributed by atoms with Gasteiger partial charge in [-0.1, -0.05) is 17.7 Å². The molecule has 0 radical (unpaired) electrons. The Morgan fingerprint density at radius 1 is 1.40 bits per heavy atom. The highest BCUT2D eigenvalue weighted by Crippen LogP contribution is 2.35. The van der Waals surface area contributed by atoms with Crippen molar-refractivity contribution in [1.82, 2.24) is 4.90 Å². The Bertz CT molecular complexity index is 629. The van der Waals surface area contributed by atoms with Crippen molar-refractivity contribution in [3.8, 4) is 0 Å². The summed E-state index contributed by atoms with van der Waals surface area (Å²) in [7, 11) is 0. The Balaban J connectivity index is 1.87. The summed E-state index contributed by atoms with van der Waals surface area (Å²) in [5.74, 6) is 0.0826. The van der Waals surface area contributed by atoms with Gasteiger partial charge in [0.05, 0.1) is 11.1 Å². The molecule has 1 aliphatic heterocycles. The third-order valence-corrected chi connectivity index (χ3v) is 6.10. The van der Waals surface area contributed by atoms with Gasteiger partial charge in [-0.25, -0.2) is 0 Å². The molecule has 5 heteroatoms. The fourth-order valence-electron chi connectivity index (χ4n) is 2.58. The number of thiophene rings is 1. The number of benzene rings is 1. The monoisotopic (exact) mass is 417 g/mol. The first-order chi connectivity index (χ1) is 9.66. The molecule has 0 bridgehead atoms. The van der Waals surface area contributed by atoms with Gasteiger partial charge in [0, 0.05) is 20.6 Å². The molecule has 1 aromatic heterocycles. The number of halogens is 2. The molecule has 1 saturated heterocycles. The Hall–Kier alpha value is -0.590. The zero-order valence-electron chi connectivity index (χ0n) is 10.7. The van der Waals surface area contributed by atoms with Crippen LogP contribution in [0.25, 0.3) is 0 Å². The lowest BCUT2D eigenvalue weighted by molar-refractivity contribution is 0.0738. The summed E-state index contributed by atoms with van der Waals surface area (Å²) < 4.78 is 0.969. The molecule has 1 unspecified atom stereocenters. The zero-order valence-corrected chi connectivity index (χ0v) is 14.4. The normalized spacial score (nSPS) is 18.5. The molecule has 3 rings (SSSR count). The maximum Gasteiger partial charge on any atom is 0.254 e. The first kappa shape index (κ1) is 14.4. The van der Waals surface area contributed by atoms with E-state index in [1.165, 1.54) is 4.88 Å². The van der Waals surface area contributed by atoms with Gasteiger partial charge in [0.1, 0.15) is 0 Å². The topological polar surface area (TPSA) is 20.3 Å². The fourth-order valence-corrected chi connectivity index (χ4v) is 3.97. The third kappa shape index (κ3) is 2.73. The predicted molar refractivity (Wildman–Crippen MR) is 91.5 cm³/mol. The fraction of sp³-hybridized carbons (Fsp3) is 0.267. The van der Waals surface area contributed by atoms with Crippen LogP contribution in [0.4, 0.5) is 0 Å². The van der Waals surface area contributed by atoms with Crippen molar-refractivity contribution in [2.24, 2.45) is 0 Å². The number of rotatable bonds is 2. The van der Waals surface area contributed by atoms with Gasteiger partial charge in [-0.2, -0.15) is 0 Å². The average molecular weight is 418 g/mol. The summed E-state index contributed by atoms with van der Waals surface area (Å²) in [5.41, 5.74) is 0.680. The Kier molecular flexibility index (Phi) is 4.33. The Morgan fingerprint density at radius 3 is 2.95 bits per heavy atom. The summed E-state index contributed by atoms with van der Waals surface area (Å²) in [6.45, 7) is 0.824. The second-order valence-corrected chi connectivity index (χ2v) is 7.35. The molecule has 0 saturated carbocycles. The number of hydrogen-bond acceptors (Lipinski definition) is 2. The van der Waals surface area contributed by atoms with Crippen LogP contribution in [0.5, 0.6) is 0 Å². The smallest absolute Gasteiger partial charge is 0.254 e. The van der Waals surface area contributed by atoms with E-state index in [4.69, 9.17) is 11.6 Å². The van der Waals surface area contributed by atoms with Crippen molar-refractivity contribution in [3.63, 3.8) is 0 Å². The maximum atomic E-state index is 12.7. The van der Waals surface area contributed by atoms with Gasteiger partial charge in [-0.3, -0.25) is 4.79 Å². The van der Waals surface area contributed by atoms with E-state index >= 15 is 0 Å². The minimum Gasteiger partial charge on any atom is -0.331 e. The molecule has 0 spiro atoms. The lowest BCUT2D eigenvalue weighted by Gasteiger charge is -2.24. The number of carbonyl (C=O) groups excluding carboxylic acids is 1. The van der Waals surface area contributed by atoms with Crippen molar-refractivity contribution in [2.75, 3.05) is 6.54 Å². The van der Waals surface area contributed by atoms with E-state index in [1.807, 2.05) is 23.1 Å². The lowest BCUT2D eigenvalue weighted by atomic mass is 10.1. The molecule has 20 heavy (non-hydrogen) atoms. The van der Waals surface area contributed by atoms with Gasteiger partial charge >= 0.3 is 0 Å².